The first-order chi connectivity index (χ1) is 13.5. The first-order valence-corrected chi connectivity index (χ1v) is 8.75. The van der Waals surface area contributed by atoms with E-state index in [1.807, 2.05) is 12.1 Å². The van der Waals surface area contributed by atoms with Gasteiger partial charge in [0.2, 0.25) is 0 Å². The van der Waals surface area contributed by atoms with E-state index in [2.05, 4.69) is 15.0 Å². The van der Waals surface area contributed by atoms with Gasteiger partial charge in [-0.05, 0) is 50.2 Å². The summed E-state index contributed by atoms with van der Waals surface area (Å²) >= 11 is 0. The number of pyridine rings is 3. The number of rotatable bonds is 6. The van der Waals surface area contributed by atoms with Crippen LogP contribution in [0.5, 0.6) is 0 Å². The lowest BCUT2D eigenvalue weighted by atomic mass is 10.2. The smallest absolute Gasteiger partial charge is 0.357 e. The van der Waals surface area contributed by atoms with Crippen molar-refractivity contribution < 1.29 is 19.1 Å². The summed E-state index contributed by atoms with van der Waals surface area (Å²) in [6.45, 7) is 3.43. The summed E-state index contributed by atoms with van der Waals surface area (Å²) in [7, 11) is 0. The van der Waals surface area contributed by atoms with E-state index in [1.54, 1.807) is 56.6 Å². The van der Waals surface area contributed by atoms with Crippen LogP contribution in [0.2, 0.25) is 0 Å². The molecule has 0 aliphatic heterocycles. The second-order valence-corrected chi connectivity index (χ2v) is 6.01. The molecule has 0 aromatic carbocycles. The summed E-state index contributed by atoms with van der Waals surface area (Å²) in [5, 5.41) is 0. The zero-order valence-corrected chi connectivity index (χ0v) is 15.5. The molecule has 0 radical (unpaired) electrons. The Morgan fingerprint density at radius 1 is 0.714 bits per heavy atom. The first-order valence-electron chi connectivity index (χ1n) is 8.75. The van der Waals surface area contributed by atoms with Crippen LogP contribution in [0.3, 0.4) is 0 Å². The van der Waals surface area contributed by atoms with Crippen LogP contribution in [-0.4, -0.2) is 26.9 Å². The summed E-state index contributed by atoms with van der Waals surface area (Å²) < 4.78 is 10.8. The van der Waals surface area contributed by atoms with Crippen LogP contribution in [0, 0.1) is 0 Å². The number of hydrogen-bond acceptors (Lipinski definition) is 7. The lowest BCUT2D eigenvalue weighted by Gasteiger charge is -2.14. The topological polar surface area (TPSA) is 91.3 Å². The molecular weight excluding hydrogens is 358 g/mol. The van der Waals surface area contributed by atoms with E-state index in [4.69, 9.17) is 9.47 Å². The normalized spacial score (nSPS) is 12.6. The van der Waals surface area contributed by atoms with Crippen molar-refractivity contribution in [2.45, 2.75) is 26.1 Å². The molecule has 0 spiro atoms. The lowest BCUT2D eigenvalue weighted by molar-refractivity contribution is 0.0313. The maximum atomic E-state index is 12.4. The Morgan fingerprint density at radius 2 is 1.18 bits per heavy atom. The minimum absolute atomic E-state index is 0.0164. The Labute approximate surface area is 162 Å². The van der Waals surface area contributed by atoms with E-state index in [1.165, 1.54) is 12.1 Å². The molecule has 2 unspecified atom stereocenters. The number of carbonyl (C=O) groups excluding carboxylic acids is 2. The molecule has 2 atom stereocenters. The highest BCUT2D eigenvalue weighted by Gasteiger charge is 2.20. The Bertz CT molecular complexity index is 873. The van der Waals surface area contributed by atoms with Crippen molar-refractivity contribution in [1.29, 1.82) is 0 Å². The molecular formula is C21H19N3O4. The Kier molecular flexibility index (Phi) is 6.06. The standard InChI is InChI=1S/C21H19N3O4/c1-14(16-8-3-5-12-22-16)27-20(25)18-10-7-11-19(24-18)21(26)28-15(2)17-9-4-6-13-23-17/h3-15H,1-2H3. The largest absolute Gasteiger partial charge is 0.451 e. The molecule has 0 fully saturated rings. The number of aromatic nitrogens is 3. The van der Waals surface area contributed by atoms with Crippen molar-refractivity contribution >= 4 is 11.9 Å². The Morgan fingerprint density at radius 3 is 1.57 bits per heavy atom. The van der Waals surface area contributed by atoms with Crippen molar-refractivity contribution in [3.05, 3.63) is 89.8 Å². The van der Waals surface area contributed by atoms with Crippen molar-refractivity contribution in [2.24, 2.45) is 0 Å². The molecule has 3 aromatic rings. The van der Waals surface area contributed by atoms with Crippen LogP contribution < -0.4 is 0 Å². The monoisotopic (exact) mass is 377 g/mol. The molecule has 7 nitrogen and oxygen atoms in total. The van der Waals surface area contributed by atoms with Crippen molar-refractivity contribution in [2.75, 3.05) is 0 Å². The fraction of sp³-hybridized carbons (Fsp3) is 0.190. The summed E-state index contributed by atoms with van der Waals surface area (Å²) in [4.78, 5) is 37.1. The van der Waals surface area contributed by atoms with Gasteiger partial charge in [-0.25, -0.2) is 14.6 Å². The van der Waals surface area contributed by atoms with Gasteiger partial charge < -0.3 is 9.47 Å². The van der Waals surface area contributed by atoms with Gasteiger partial charge in [0.05, 0.1) is 11.4 Å². The van der Waals surface area contributed by atoms with Gasteiger partial charge in [0, 0.05) is 12.4 Å². The molecule has 0 saturated carbocycles. The van der Waals surface area contributed by atoms with Crippen molar-refractivity contribution in [1.82, 2.24) is 15.0 Å². The minimum Gasteiger partial charge on any atom is -0.451 e. The van der Waals surface area contributed by atoms with Gasteiger partial charge in [0.1, 0.15) is 23.6 Å². The second kappa shape index (κ2) is 8.85. The summed E-state index contributed by atoms with van der Waals surface area (Å²) in [5.74, 6) is -1.30. The predicted molar refractivity (Wildman–Crippen MR) is 100 cm³/mol. The van der Waals surface area contributed by atoms with Gasteiger partial charge in [-0.2, -0.15) is 0 Å². The SMILES string of the molecule is CC(OC(=O)c1cccc(C(=O)OC(C)c2ccccn2)n1)c1ccccn1. The molecule has 142 valence electrons. The predicted octanol–water partition coefficient (Wildman–Crippen LogP) is 3.71. The molecule has 7 heteroatoms. The Balaban J connectivity index is 1.67. The number of ether oxygens (including phenoxy) is 2. The number of hydrogen-bond donors (Lipinski definition) is 0. The number of nitrogens with zero attached hydrogens (tertiary/aromatic N) is 3. The highest BCUT2D eigenvalue weighted by molar-refractivity contribution is 5.91. The van der Waals surface area contributed by atoms with Crippen molar-refractivity contribution in [3.63, 3.8) is 0 Å². The van der Waals surface area contributed by atoms with Crippen LogP contribution in [-0.2, 0) is 9.47 Å². The van der Waals surface area contributed by atoms with Crippen molar-refractivity contribution in [3.8, 4) is 0 Å². The van der Waals surface area contributed by atoms with Gasteiger partial charge in [0.25, 0.3) is 0 Å². The first kappa shape index (κ1) is 19.2. The van der Waals surface area contributed by atoms with Crippen LogP contribution in [0.15, 0.2) is 67.0 Å². The molecule has 0 N–H and O–H groups in total. The van der Waals surface area contributed by atoms with Gasteiger partial charge in [-0.1, -0.05) is 18.2 Å². The minimum atomic E-state index is -0.648. The van der Waals surface area contributed by atoms with Gasteiger partial charge in [-0.15, -0.1) is 0 Å². The molecule has 0 aliphatic carbocycles. The summed E-state index contributed by atoms with van der Waals surface area (Å²) in [5.41, 5.74) is 1.27. The quantitative estimate of drug-likeness (QED) is 0.605. The molecule has 0 amide bonds. The van der Waals surface area contributed by atoms with E-state index < -0.39 is 24.1 Å². The number of carbonyl (C=O) groups is 2. The van der Waals surface area contributed by atoms with E-state index in [9.17, 15) is 9.59 Å². The summed E-state index contributed by atoms with van der Waals surface area (Å²) in [6, 6.07) is 15.2. The third-order valence-corrected chi connectivity index (χ3v) is 3.94. The van der Waals surface area contributed by atoms with E-state index in [-0.39, 0.29) is 11.4 Å². The fourth-order valence-corrected chi connectivity index (χ4v) is 2.46. The zero-order valence-electron chi connectivity index (χ0n) is 15.5. The van der Waals surface area contributed by atoms with Gasteiger partial charge in [0.15, 0.2) is 0 Å². The van der Waals surface area contributed by atoms with Gasteiger partial charge in [-0.3, -0.25) is 9.97 Å². The summed E-state index contributed by atoms with van der Waals surface area (Å²) in [6.07, 6.45) is 2.15. The van der Waals surface area contributed by atoms with Crippen LogP contribution in [0.4, 0.5) is 0 Å². The molecule has 0 aliphatic rings. The van der Waals surface area contributed by atoms with E-state index >= 15 is 0 Å². The molecule has 0 bridgehead atoms. The highest BCUT2D eigenvalue weighted by Crippen LogP contribution is 2.17. The maximum absolute atomic E-state index is 12.4. The maximum Gasteiger partial charge on any atom is 0.357 e. The second-order valence-electron chi connectivity index (χ2n) is 6.01. The van der Waals surface area contributed by atoms with Crippen LogP contribution in [0.1, 0.15) is 58.4 Å². The third kappa shape index (κ3) is 4.76. The average Bonchev–Trinajstić information content (AvgIpc) is 2.75. The Hall–Kier alpha value is -3.61. The van der Waals surface area contributed by atoms with E-state index in [0.29, 0.717) is 11.4 Å². The molecule has 3 rings (SSSR count). The third-order valence-electron chi connectivity index (χ3n) is 3.94. The van der Waals surface area contributed by atoms with Crippen LogP contribution in [0.25, 0.3) is 0 Å². The van der Waals surface area contributed by atoms with Crippen LogP contribution >= 0.6 is 0 Å². The lowest BCUT2D eigenvalue weighted by Crippen LogP contribution is -2.16. The molecule has 0 saturated heterocycles. The zero-order chi connectivity index (χ0) is 19.9. The molecule has 3 heterocycles. The average molecular weight is 377 g/mol. The molecule has 3 aromatic heterocycles. The highest BCUT2D eigenvalue weighted by atomic mass is 16.5. The van der Waals surface area contributed by atoms with Gasteiger partial charge >= 0.3 is 11.9 Å². The number of esters is 2. The molecule has 28 heavy (non-hydrogen) atoms. The fourth-order valence-electron chi connectivity index (χ4n) is 2.46. The van der Waals surface area contributed by atoms with E-state index in [0.717, 1.165) is 0 Å².